The number of carbonyl (C=O) groups is 1. The molecule has 1 saturated heterocycles. The quantitative estimate of drug-likeness (QED) is 0.372. The van der Waals surface area contributed by atoms with E-state index in [1.807, 2.05) is 24.3 Å². The molecule has 0 bridgehead atoms. The summed E-state index contributed by atoms with van der Waals surface area (Å²) in [7, 11) is 0. The van der Waals surface area contributed by atoms with E-state index in [1.165, 1.54) is 38.4 Å². The number of amides is 1. The van der Waals surface area contributed by atoms with E-state index in [2.05, 4.69) is 37.2 Å². The van der Waals surface area contributed by atoms with Gasteiger partial charge in [0.15, 0.2) is 11.6 Å². The molecule has 2 aromatic carbocycles. The summed E-state index contributed by atoms with van der Waals surface area (Å²) in [5, 5.41) is 3.87. The van der Waals surface area contributed by atoms with E-state index in [4.69, 9.17) is 5.73 Å². The predicted octanol–water partition coefficient (Wildman–Crippen LogP) is 4.71. The van der Waals surface area contributed by atoms with Gasteiger partial charge < -0.3 is 16.0 Å². The van der Waals surface area contributed by atoms with E-state index in [9.17, 15) is 9.18 Å². The lowest BCUT2D eigenvalue weighted by atomic mass is 10.1. The van der Waals surface area contributed by atoms with Gasteiger partial charge in [-0.3, -0.25) is 14.3 Å². The topological polar surface area (TPSA) is 92.3 Å². The number of aromatic nitrogens is 3. The smallest absolute Gasteiger partial charge is 0.250 e. The number of benzene rings is 2. The fourth-order valence-electron chi connectivity index (χ4n) is 5.79. The molecule has 3 N–H and O–H groups in total. The molecule has 196 valence electrons. The van der Waals surface area contributed by atoms with Crippen molar-refractivity contribution in [1.82, 2.24) is 19.4 Å². The third-order valence-electron chi connectivity index (χ3n) is 7.76. The van der Waals surface area contributed by atoms with Crippen molar-refractivity contribution < 1.29 is 9.18 Å². The average molecular weight is 514 g/mol. The minimum absolute atomic E-state index is 0.0424. The van der Waals surface area contributed by atoms with Gasteiger partial charge in [0.2, 0.25) is 5.95 Å². The van der Waals surface area contributed by atoms with E-state index in [0.29, 0.717) is 16.5 Å². The van der Waals surface area contributed by atoms with Gasteiger partial charge >= 0.3 is 0 Å². The molecule has 4 aromatic rings. The van der Waals surface area contributed by atoms with Crippen LogP contribution in [-0.2, 0) is 0 Å². The number of para-hydroxylation sites is 1. The number of primary amides is 1. The maximum atomic E-state index is 14.9. The minimum atomic E-state index is -0.600. The largest absolute Gasteiger partial charge is 0.369 e. The van der Waals surface area contributed by atoms with Crippen molar-refractivity contribution in [1.29, 1.82) is 0 Å². The fraction of sp³-hybridized carbons (Fsp3) is 0.345. The number of anilines is 3. The number of rotatable bonds is 7. The molecule has 1 amide bonds. The second-order valence-corrected chi connectivity index (χ2v) is 10.3. The first-order valence-electron chi connectivity index (χ1n) is 13.3. The molecular formula is C29H32FN7O. The number of halogens is 1. The SMILES string of the molecule is NC(=O)c1cn(-c2nc(Nc3cccc(N4CCN(CC5CCCC5)CC4)c3)ncc2F)c2ccccc12. The van der Waals surface area contributed by atoms with Crippen LogP contribution in [0.2, 0.25) is 0 Å². The van der Waals surface area contributed by atoms with Crippen LogP contribution < -0.4 is 16.0 Å². The monoisotopic (exact) mass is 513 g/mol. The van der Waals surface area contributed by atoms with E-state index in [-0.39, 0.29) is 11.8 Å². The van der Waals surface area contributed by atoms with Crippen molar-refractivity contribution in [3.05, 3.63) is 72.3 Å². The van der Waals surface area contributed by atoms with Gasteiger partial charge in [0.05, 0.1) is 17.3 Å². The molecule has 0 atom stereocenters. The molecule has 6 rings (SSSR count). The van der Waals surface area contributed by atoms with Crippen molar-refractivity contribution in [2.75, 3.05) is 42.9 Å². The lowest BCUT2D eigenvalue weighted by molar-refractivity contribution is 0.100. The second kappa shape index (κ2) is 10.4. The molecule has 0 unspecified atom stereocenters. The molecule has 3 heterocycles. The third-order valence-corrected chi connectivity index (χ3v) is 7.76. The lowest BCUT2D eigenvalue weighted by Crippen LogP contribution is -2.47. The van der Waals surface area contributed by atoms with Gasteiger partial charge in [-0.05, 0) is 43.0 Å². The number of carbonyl (C=O) groups excluding carboxylic acids is 1. The zero-order valence-corrected chi connectivity index (χ0v) is 21.3. The summed E-state index contributed by atoms with van der Waals surface area (Å²) in [6.07, 6.45) is 8.20. The highest BCUT2D eigenvalue weighted by Gasteiger charge is 2.23. The maximum absolute atomic E-state index is 14.9. The van der Waals surface area contributed by atoms with Gasteiger partial charge in [-0.1, -0.05) is 37.1 Å². The van der Waals surface area contributed by atoms with Crippen LogP contribution in [0.4, 0.5) is 21.7 Å². The minimum Gasteiger partial charge on any atom is -0.369 e. The number of fused-ring (bicyclic) bond motifs is 1. The summed E-state index contributed by atoms with van der Waals surface area (Å²) >= 11 is 0. The first-order chi connectivity index (χ1) is 18.5. The van der Waals surface area contributed by atoms with Crippen molar-refractivity contribution in [2.45, 2.75) is 25.7 Å². The van der Waals surface area contributed by atoms with Crippen molar-refractivity contribution in [3.63, 3.8) is 0 Å². The maximum Gasteiger partial charge on any atom is 0.250 e. The van der Waals surface area contributed by atoms with Crippen LogP contribution in [0, 0.1) is 11.7 Å². The standard InChI is InChI=1S/C29H32FN7O/c30-25-17-32-29(34-28(25)37-19-24(27(31)38)23-10-3-4-11-26(23)37)33-21-8-5-9-22(16-21)36-14-12-35(13-15-36)18-20-6-1-2-7-20/h3-5,8-11,16-17,19-20H,1-2,6-7,12-15,18H2,(H2,31,38)(H,32,33,34). The molecule has 1 saturated carbocycles. The first kappa shape index (κ1) is 24.4. The molecule has 2 fully saturated rings. The number of nitrogens with two attached hydrogens (primary N) is 1. The number of hydrogen-bond donors (Lipinski definition) is 2. The molecule has 2 aliphatic rings. The molecule has 0 radical (unpaired) electrons. The number of nitrogens with zero attached hydrogens (tertiary/aromatic N) is 5. The van der Waals surface area contributed by atoms with Crippen LogP contribution in [0.15, 0.2) is 60.9 Å². The summed E-state index contributed by atoms with van der Waals surface area (Å²) in [6, 6.07) is 15.4. The zero-order valence-electron chi connectivity index (χ0n) is 21.3. The average Bonchev–Trinajstić information content (AvgIpc) is 3.59. The van der Waals surface area contributed by atoms with Gasteiger partial charge in [0.25, 0.3) is 5.91 Å². The van der Waals surface area contributed by atoms with E-state index < -0.39 is 11.7 Å². The predicted molar refractivity (Wildman–Crippen MR) is 148 cm³/mol. The van der Waals surface area contributed by atoms with Gasteiger partial charge in [0, 0.05) is 55.7 Å². The number of hydrogen-bond acceptors (Lipinski definition) is 6. The Balaban J connectivity index is 1.19. The Morgan fingerprint density at radius 2 is 1.84 bits per heavy atom. The lowest BCUT2D eigenvalue weighted by Gasteiger charge is -2.37. The van der Waals surface area contributed by atoms with Crippen LogP contribution in [0.1, 0.15) is 36.0 Å². The Labute approximate surface area is 221 Å². The summed E-state index contributed by atoms with van der Waals surface area (Å²) in [5.74, 6) is 0.00108. The number of nitrogens with one attached hydrogen (secondary N) is 1. The number of piperazine rings is 1. The van der Waals surface area contributed by atoms with Crippen molar-refractivity contribution >= 4 is 34.1 Å². The highest BCUT2D eigenvalue weighted by molar-refractivity contribution is 6.06. The summed E-state index contributed by atoms with van der Waals surface area (Å²) in [6.45, 7) is 5.39. The highest BCUT2D eigenvalue weighted by Crippen LogP contribution is 2.28. The summed E-state index contributed by atoms with van der Waals surface area (Å²) < 4.78 is 16.4. The molecule has 1 aliphatic carbocycles. The first-order valence-corrected chi connectivity index (χ1v) is 13.3. The second-order valence-electron chi connectivity index (χ2n) is 10.3. The van der Waals surface area contributed by atoms with E-state index >= 15 is 0 Å². The Morgan fingerprint density at radius 3 is 2.63 bits per heavy atom. The van der Waals surface area contributed by atoms with Crippen LogP contribution >= 0.6 is 0 Å². The molecule has 1 aliphatic heterocycles. The van der Waals surface area contributed by atoms with Gasteiger partial charge in [-0.15, -0.1) is 0 Å². The molecule has 9 heteroatoms. The van der Waals surface area contributed by atoms with Gasteiger partial charge in [-0.25, -0.2) is 9.37 Å². The van der Waals surface area contributed by atoms with Crippen LogP contribution in [0.5, 0.6) is 0 Å². The van der Waals surface area contributed by atoms with E-state index in [1.54, 1.807) is 16.7 Å². The Hall–Kier alpha value is -3.98. The Morgan fingerprint density at radius 1 is 1.05 bits per heavy atom. The third kappa shape index (κ3) is 4.93. The van der Waals surface area contributed by atoms with E-state index in [0.717, 1.165) is 49.7 Å². The Bertz CT molecular complexity index is 1450. The summed E-state index contributed by atoms with van der Waals surface area (Å²) in [5.41, 5.74) is 8.47. The van der Waals surface area contributed by atoms with Crippen LogP contribution in [-0.4, -0.2) is 58.1 Å². The van der Waals surface area contributed by atoms with Crippen molar-refractivity contribution in [2.24, 2.45) is 11.7 Å². The zero-order chi connectivity index (χ0) is 26.1. The van der Waals surface area contributed by atoms with Gasteiger partial charge in [0.1, 0.15) is 0 Å². The highest BCUT2D eigenvalue weighted by atomic mass is 19.1. The normalized spacial score (nSPS) is 16.8. The van der Waals surface area contributed by atoms with Crippen molar-refractivity contribution in [3.8, 4) is 5.82 Å². The van der Waals surface area contributed by atoms with Gasteiger partial charge in [-0.2, -0.15) is 4.98 Å². The molecule has 0 spiro atoms. The van der Waals surface area contributed by atoms with Crippen LogP contribution in [0.3, 0.4) is 0 Å². The fourth-order valence-corrected chi connectivity index (χ4v) is 5.79. The molecule has 38 heavy (non-hydrogen) atoms. The molecule has 2 aromatic heterocycles. The van der Waals surface area contributed by atoms with Crippen LogP contribution in [0.25, 0.3) is 16.7 Å². The Kier molecular flexibility index (Phi) is 6.68. The molecule has 8 nitrogen and oxygen atoms in total. The molecular weight excluding hydrogens is 481 g/mol. The summed E-state index contributed by atoms with van der Waals surface area (Å²) in [4.78, 5) is 25.6.